The maximum absolute atomic E-state index is 13.7. The molecule has 1 aromatic heterocycles. The molecule has 162 valence electrons. The second-order valence-corrected chi connectivity index (χ2v) is 8.27. The van der Waals surface area contributed by atoms with Crippen LogP contribution in [0.5, 0.6) is 0 Å². The van der Waals surface area contributed by atoms with Gasteiger partial charge in [-0.3, -0.25) is 14.5 Å². The van der Waals surface area contributed by atoms with Crippen molar-refractivity contribution in [1.29, 1.82) is 0 Å². The van der Waals surface area contributed by atoms with E-state index in [-0.39, 0.29) is 23.2 Å². The number of rotatable bonds is 5. The van der Waals surface area contributed by atoms with Crippen molar-refractivity contribution >= 4 is 16.7 Å². The largest absolute Gasteiger partial charge is 0.352 e. The molecule has 1 aliphatic rings. The van der Waals surface area contributed by atoms with Gasteiger partial charge in [-0.2, -0.15) is 5.10 Å². The third-order valence-corrected chi connectivity index (χ3v) is 6.05. The van der Waals surface area contributed by atoms with E-state index in [0.29, 0.717) is 24.2 Å². The summed E-state index contributed by atoms with van der Waals surface area (Å²) >= 11 is 0. The average molecular weight is 423 g/mol. The third-order valence-electron chi connectivity index (χ3n) is 6.05. The van der Waals surface area contributed by atoms with Crippen LogP contribution in [-0.2, 0) is 18.0 Å². The molecule has 1 aliphatic heterocycles. The quantitative estimate of drug-likeness (QED) is 0.686. The van der Waals surface area contributed by atoms with Crippen LogP contribution in [0.1, 0.15) is 29.7 Å². The molecule has 0 radical (unpaired) electrons. The fourth-order valence-electron chi connectivity index (χ4n) is 4.11. The van der Waals surface area contributed by atoms with Crippen LogP contribution in [0.4, 0.5) is 4.39 Å². The van der Waals surface area contributed by atoms with Crippen molar-refractivity contribution in [3.8, 4) is 0 Å². The number of carbonyl (C=O) groups excluding carboxylic acids is 1. The van der Waals surface area contributed by atoms with Gasteiger partial charge in [0, 0.05) is 30.9 Å². The van der Waals surface area contributed by atoms with Crippen LogP contribution in [0.15, 0.2) is 47.3 Å². The van der Waals surface area contributed by atoms with Gasteiger partial charge >= 0.3 is 0 Å². The molecule has 1 amide bonds. The maximum Gasteiger partial charge on any atom is 0.275 e. The molecule has 0 saturated carbocycles. The van der Waals surface area contributed by atoms with Gasteiger partial charge in [0.1, 0.15) is 5.82 Å². The first kappa shape index (κ1) is 21.2. The number of nitrogens with zero attached hydrogens (tertiary/aromatic N) is 3. The fraction of sp³-hybridized carbons (Fsp3) is 0.375. The lowest BCUT2D eigenvalue weighted by Crippen LogP contribution is -2.42. The molecule has 0 unspecified atom stereocenters. The Kier molecular flexibility index (Phi) is 6.13. The van der Waals surface area contributed by atoms with Crippen molar-refractivity contribution in [2.24, 2.45) is 5.92 Å². The smallest absolute Gasteiger partial charge is 0.275 e. The molecule has 2 aromatic carbocycles. The lowest BCUT2D eigenvalue weighted by Gasteiger charge is -2.31. The minimum absolute atomic E-state index is 0.00234. The van der Waals surface area contributed by atoms with E-state index in [4.69, 9.17) is 0 Å². The highest BCUT2D eigenvalue weighted by atomic mass is 19.1. The van der Waals surface area contributed by atoms with Crippen molar-refractivity contribution in [3.05, 3.63) is 75.5 Å². The van der Waals surface area contributed by atoms with E-state index in [1.807, 2.05) is 37.3 Å². The average Bonchev–Trinajstić information content (AvgIpc) is 2.78. The number of likely N-dealkylation sites (tertiary alicyclic amines) is 1. The minimum Gasteiger partial charge on any atom is -0.352 e. The summed E-state index contributed by atoms with van der Waals surface area (Å²) in [6, 6.07) is 12.5. The first-order chi connectivity index (χ1) is 14.9. The van der Waals surface area contributed by atoms with Crippen LogP contribution in [0.2, 0.25) is 0 Å². The number of hydrogen-bond acceptors (Lipinski definition) is 4. The highest BCUT2D eigenvalue weighted by molar-refractivity contribution is 5.83. The molecule has 3 aromatic rings. The number of piperidine rings is 1. The van der Waals surface area contributed by atoms with Gasteiger partial charge < -0.3 is 5.32 Å². The second kappa shape index (κ2) is 8.98. The monoisotopic (exact) mass is 422 g/mol. The fourth-order valence-corrected chi connectivity index (χ4v) is 4.11. The van der Waals surface area contributed by atoms with Gasteiger partial charge in [0.05, 0.1) is 17.7 Å². The van der Waals surface area contributed by atoms with Crippen LogP contribution < -0.4 is 10.9 Å². The zero-order valence-electron chi connectivity index (χ0n) is 17.9. The Balaban J connectivity index is 1.33. The number of fused-ring (bicyclic) bond motifs is 1. The molecule has 0 atom stereocenters. The number of nitrogens with one attached hydrogen (secondary N) is 1. The van der Waals surface area contributed by atoms with Crippen molar-refractivity contribution in [3.63, 3.8) is 0 Å². The molecule has 2 heterocycles. The number of aromatic nitrogens is 2. The molecule has 0 spiro atoms. The Morgan fingerprint density at radius 1 is 1.13 bits per heavy atom. The van der Waals surface area contributed by atoms with E-state index < -0.39 is 0 Å². The number of carbonyl (C=O) groups is 1. The van der Waals surface area contributed by atoms with Crippen LogP contribution in [0.25, 0.3) is 10.8 Å². The van der Waals surface area contributed by atoms with Crippen molar-refractivity contribution in [2.75, 3.05) is 13.1 Å². The van der Waals surface area contributed by atoms with Gasteiger partial charge in [-0.15, -0.1) is 0 Å². The highest BCUT2D eigenvalue weighted by Crippen LogP contribution is 2.19. The third kappa shape index (κ3) is 4.66. The number of halogens is 1. The molecule has 4 rings (SSSR count). The van der Waals surface area contributed by atoms with Crippen molar-refractivity contribution in [1.82, 2.24) is 20.0 Å². The summed E-state index contributed by atoms with van der Waals surface area (Å²) in [4.78, 5) is 27.5. The summed E-state index contributed by atoms with van der Waals surface area (Å²) in [6.07, 6.45) is 1.44. The summed E-state index contributed by atoms with van der Waals surface area (Å²) < 4.78 is 15.2. The zero-order chi connectivity index (χ0) is 22.0. The van der Waals surface area contributed by atoms with Crippen molar-refractivity contribution in [2.45, 2.75) is 39.9 Å². The molecule has 0 bridgehead atoms. The molecule has 7 heteroatoms. The Labute approximate surface area is 180 Å². The number of benzene rings is 2. The van der Waals surface area contributed by atoms with E-state index in [9.17, 15) is 14.0 Å². The van der Waals surface area contributed by atoms with Crippen LogP contribution in [0.3, 0.4) is 0 Å². The molecule has 1 N–H and O–H groups in total. The SMILES string of the molecule is Cc1ccc(CNC(=O)C2CCN(Cn3nc(C)c4ccccc4c3=O)CC2)cc1F. The Morgan fingerprint density at radius 3 is 2.55 bits per heavy atom. The molecular weight excluding hydrogens is 395 g/mol. The topological polar surface area (TPSA) is 67.2 Å². The Bertz CT molecular complexity index is 1170. The lowest BCUT2D eigenvalue weighted by atomic mass is 9.96. The summed E-state index contributed by atoms with van der Waals surface area (Å²) in [5.74, 6) is -0.333. The maximum atomic E-state index is 13.7. The van der Waals surface area contributed by atoms with Gasteiger partial charge in [0.15, 0.2) is 0 Å². The number of hydrogen-bond donors (Lipinski definition) is 1. The lowest BCUT2D eigenvalue weighted by molar-refractivity contribution is -0.126. The first-order valence-electron chi connectivity index (χ1n) is 10.6. The van der Waals surface area contributed by atoms with Crippen LogP contribution in [0, 0.1) is 25.6 Å². The highest BCUT2D eigenvalue weighted by Gasteiger charge is 2.25. The number of amides is 1. The Hall–Kier alpha value is -3.06. The van der Waals surface area contributed by atoms with Crippen LogP contribution in [-0.4, -0.2) is 33.7 Å². The predicted molar refractivity (Wildman–Crippen MR) is 118 cm³/mol. The van der Waals surface area contributed by atoms with Gasteiger partial charge in [-0.1, -0.05) is 30.3 Å². The molecule has 1 saturated heterocycles. The van der Waals surface area contributed by atoms with Gasteiger partial charge in [-0.05, 0) is 49.9 Å². The van der Waals surface area contributed by atoms with E-state index in [1.165, 1.54) is 10.7 Å². The molecular formula is C24H27FN4O2. The predicted octanol–water partition coefficient (Wildman–Crippen LogP) is 3.14. The second-order valence-electron chi connectivity index (χ2n) is 8.27. The van der Waals surface area contributed by atoms with E-state index in [2.05, 4.69) is 15.3 Å². The standard InChI is InChI=1S/C24H27FN4O2/c1-16-7-8-18(13-22(16)25)14-26-23(30)19-9-11-28(12-10-19)15-29-24(31)21-6-4-3-5-20(21)17(2)27-29/h3-8,13,19H,9-12,14-15H2,1-2H3,(H,26,30). The number of aryl methyl sites for hydroxylation is 2. The van der Waals surface area contributed by atoms with E-state index in [0.717, 1.165) is 42.6 Å². The summed E-state index contributed by atoms with van der Waals surface area (Å²) in [6.45, 7) is 5.81. The van der Waals surface area contributed by atoms with Gasteiger partial charge in [0.2, 0.25) is 5.91 Å². The van der Waals surface area contributed by atoms with Crippen molar-refractivity contribution < 1.29 is 9.18 Å². The Morgan fingerprint density at radius 2 is 1.84 bits per heavy atom. The first-order valence-corrected chi connectivity index (χ1v) is 10.6. The molecule has 6 nitrogen and oxygen atoms in total. The summed E-state index contributed by atoms with van der Waals surface area (Å²) in [5.41, 5.74) is 2.09. The zero-order valence-corrected chi connectivity index (χ0v) is 17.9. The van der Waals surface area contributed by atoms with Crippen LogP contribution >= 0.6 is 0 Å². The van der Waals surface area contributed by atoms with E-state index >= 15 is 0 Å². The van der Waals surface area contributed by atoms with Gasteiger partial charge in [0.25, 0.3) is 5.56 Å². The van der Waals surface area contributed by atoms with Gasteiger partial charge in [-0.25, -0.2) is 9.07 Å². The summed E-state index contributed by atoms with van der Waals surface area (Å²) in [5, 5.41) is 8.96. The normalized spacial score (nSPS) is 15.3. The molecule has 31 heavy (non-hydrogen) atoms. The van der Waals surface area contributed by atoms with E-state index in [1.54, 1.807) is 13.0 Å². The minimum atomic E-state index is -0.257. The molecule has 0 aliphatic carbocycles. The summed E-state index contributed by atoms with van der Waals surface area (Å²) in [7, 11) is 0. The molecule has 1 fully saturated rings.